The van der Waals surface area contributed by atoms with Gasteiger partial charge in [0.1, 0.15) is 0 Å². The summed E-state index contributed by atoms with van der Waals surface area (Å²) in [6.07, 6.45) is 4.11. The molecule has 2 heteroatoms. The molecular weight excluding hydrogens is 136 g/mol. The molecule has 0 aromatic carbocycles. The normalized spacial score (nSPS) is 34.1. The molecule has 0 spiro atoms. The van der Waals surface area contributed by atoms with Gasteiger partial charge in [0.25, 0.3) is 0 Å². The highest BCUT2D eigenvalue weighted by Gasteiger charge is 2.23. The smallest absolute Gasteiger partial charge is 0.0164 e. The predicted octanol–water partition coefficient (Wildman–Crippen LogP) is 1.11. The molecule has 3 N–H and O–H groups in total. The summed E-state index contributed by atoms with van der Waals surface area (Å²) in [5.41, 5.74) is 5.53. The van der Waals surface area contributed by atoms with E-state index in [0.29, 0.717) is 6.04 Å². The third-order valence-corrected chi connectivity index (χ3v) is 2.71. The predicted molar refractivity (Wildman–Crippen MR) is 48.5 cm³/mol. The quantitative estimate of drug-likeness (QED) is 0.642. The Morgan fingerprint density at radius 1 is 1.55 bits per heavy atom. The van der Waals surface area contributed by atoms with Crippen LogP contribution >= 0.6 is 0 Å². The SMILES string of the molecule is CC(CN)NC1CCCC1C. The molecule has 0 aromatic rings. The average molecular weight is 156 g/mol. The van der Waals surface area contributed by atoms with E-state index >= 15 is 0 Å². The standard InChI is InChI=1S/C9H20N2/c1-7-4-3-5-9(7)11-8(2)6-10/h7-9,11H,3-6,10H2,1-2H3. The Bertz CT molecular complexity index is 114. The molecule has 1 rings (SSSR count). The third kappa shape index (κ3) is 2.46. The topological polar surface area (TPSA) is 38.0 Å². The molecule has 0 aromatic heterocycles. The first-order valence-electron chi connectivity index (χ1n) is 4.70. The molecule has 3 unspecified atom stereocenters. The van der Waals surface area contributed by atoms with Gasteiger partial charge in [-0.05, 0) is 25.7 Å². The number of nitrogens with one attached hydrogen (secondary N) is 1. The van der Waals surface area contributed by atoms with E-state index in [1.54, 1.807) is 0 Å². The van der Waals surface area contributed by atoms with Gasteiger partial charge in [0, 0.05) is 18.6 Å². The maximum absolute atomic E-state index is 5.53. The lowest BCUT2D eigenvalue weighted by molar-refractivity contribution is 0.386. The fourth-order valence-corrected chi connectivity index (χ4v) is 1.83. The van der Waals surface area contributed by atoms with Gasteiger partial charge in [-0.25, -0.2) is 0 Å². The molecule has 11 heavy (non-hydrogen) atoms. The minimum Gasteiger partial charge on any atom is -0.329 e. The summed E-state index contributed by atoms with van der Waals surface area (Å²) in [6.45, 7) is 5.24. The summed E-state index contributed by atoms with van der Waals surface area (Å²) in [5, 5.41) is 3.55. The largest absolute Gasteiger partial charge is 0.329 e. The van der Waals surface area contributed by atoms with Crippen molar-refractivity contribution in [3.8, 4) is 0 Å². The fraction of sp³-hybridized carbons (Fsp3) is 1.00. The first-order valence-corrected chi connectivity index (χ1v) is 4.70. The molecule has 0 bridgehead atoms. The van der Waals surface area contributed by atoms with Gasteiger partial charge < -0.3 is 11.1 Å². The van der Waals surface area contributed by atoms with Crippen LogP contribution in [0, 0.1) is 5.92 Å². The van der Waals surface area contributed by atoms with Crippen molar-refractivity contribution in [2.45, 2.75) is 45.2 Å². The Morgan fingerprint density at radius 3 is 2.73 bits per heavy atom. The second-order valence-corrected chi connectivity index (χ2v) is 3.82. The Hall–Kier alpha value is -0.0800. The van der Waals surface area contributed by atoms with Crippen LogP contribution in [-0.4, -0.2) is 18.6 Å². The molecule has 66 valence electrons. The van der Waals surface area contributed by atoms with E-state index in [9.17, 15) is 0 Å². The van der Waals surface area contributed by atoms with Crippen LogP contribution in [0.2, 0.25) is 0 Å². The van der Waals surface area contributed by atoms with Crippen LogP contribution in [0.4, 0.5) is 0 Å². The lowest BCUT2D eigenvalue weighted by Gasteiger charge is -2.21. The van der Waals surface area contributed by atoms with Crippen LogP contribution in [0.3, 0.4) is 0 Å². The van der Waals surface area contributed by atoms with E-state index < -0.39 is 0 Å². The van der Waals surface area contributed by atoms with Crippen LogP contribution in [0.15, 0.2) is 0 Å². The molecule has 0 aliphatic heterocycles. The Labute approximate surface area is 69.5 Å². The van der Waals surface area contributed by atoms with Gasteiger partial charge in [-0.1, -0.05) is 13.3 Å². The Balaban J connectivity index is 2.24. The number of rotatable bonds is 3. The van der Waals surface area contributed by atoms with Gasteiger partial charge in [0.05, 0.1) is 0 Å². The van der Waals surface area contributed by atoms with Crippen molar-refractivity contribution in [1.82, 2.24) is 5.32 Å². The van der Waals surface area contributed by atoms with Crippen molar-refractivity contribution in [1.29, 1.82) is 0 Å². The Kier molecular flexibility index (Phi) is 3.34. The van der Waals surface area contributed by atoms with Gasteiger partial charge in [0.15, 0.2) is 0 Å². The van der Waals surface area contributed by atoms with E-state index in [4.69, 9.17) is 5.73 Å². The van der Waals surface area contributed by atoms with Gasteiger partial charge >= 0.3 is 0 Å². The summed E-state index contributed by atoms with van der Waals surface area (Å²) in [6, 6.07) is 1.22. The van der Waals surface area contributed by atoms with E-state index in [0.717, 1.165) is 18.5 Å². The second-order valence-electron chi connectivity index (χ2n) is 3.82. The summed E-state index contributed by atoms with van der Waals surface area (Å²) < 4.78 is 0. The van der Waals surface area contributed by atoms with E-state index in [2.05, 4.69) is 19.2 Å². The zero-order valence-electron chi connectivity index (χ0n) is 7.64. The van der Waals surface area contributed by atoms with Gasteiger partial charge in [-0.3, -0.25) is 0 Å². The monoisotopic (exact) mass is 156 g/mol. The fourth-order valence-electron chi connectivity index (χ4n) is 1.83. The molecule has 1 saturated carbocycles. The first kappa shape index (κ1) is 9.01. The van der Waals surface area contributed by atoms with Gasteiger partial charge in [0.2, 0.25) is 0 Å². The molecule has 1 aliphatic rings. The van der Waals surface area contributed by atoms with E-state index in [1.807, 2.05) is 0 Å². The minimum absolute atomic E-state index is 0.487. The van der Waals surface area contributed by atoms with Crippen molar-refractivity contribution >= 4 is 0 Å². The van der Waals surface area contributed by atoms with Gasteiger partial charge in [-0.2, -0.15) is 0 Å². The summed E-state index contributed by atoms with van der Waals surface area (Å²) in [7, 11) is 0. The second kappa shape index (κ2) is 4.07. The molecular formula is C9H20N2. The van der Waals surface area contributed by atoms with Crippen LogP contribution in [-0.2, 0) is 0 Å². The Morgan fingerprint density at radius 2 is 2.27 bits per heavy atom. The van der Waals surface area contributed by atoms with E-state index in [1.165, 1.54) is 19.3 Å². The highest BCUT2D eigenvalue weighted by molar-refractivity contribution is 4.82. The zero-order valence-corrected chi connectivity index (χ0v) is 7.64. The molecule has 1 fully saturated rings. The minimum atomic E-state index is 0.487. The van der Waals surface area contributed by atoms with Crippen LogP contribution in [0.1, 0.15) is 33.1 Å². The molecule has 0 radical (unpaired) electrons. The summed E-state index contributed by atoms with van der Waals surface area (Å²) >= 11 is 0. The molecule has 0 saturated heterocycles. The third-order valence-electron chi connectivity index (χ3n) is 2.71. The lowest BCUT2D eigenvalue weighted by Crippen LogP contribution is -2.41. The lowest BCUT2D eigenvalue weighted by atomic mass is 10.1. The van der Waals surface area contributed by atoms with Crippen molar-refractivity contribution in [3.05, 3.63) is 0 Å². The van der Waals surface area contributed by atoms with E-state index in [-0.39, 0.29) is 0 Å². The number of hydrogen-bond acceptors (Lipinski definition) is 2. The van der Waals surface area contributed by atoms with Crippen molar-refractivity contribution in [2.24, 2.45) is 11.7 Å². The highest BCUT2D eigenvalue weighted by atomic mass is 15.0. The van der Waals surface area contributed by atoms with Crippen molar-refractivity contribution in [2.75, 3.05) is 6.54 Å². The molecule has 3 atom stereocenters. The zero-order chi connectivity index (χ0) is 8.27. The van der Waals surface area contributed by atoms with Crippen molar-refractivity contribution in [3.63, 3.8) is 0 Å². The van der Waals surface area contributed by atoms with Crippen LogP contribution in [0.25, 0.3) is 0 Å². The number of hydrogen-bond donors (Lipinski definition) is 2. The van der Waals surface area contributed by atoms with Crippen molar-refractivity contribution < 1.29 is 0 Å². The summed E-state index contributed by atoms with van der Waals surface area (Å²) in [4.78, 5) is 0. The first-order chi connectivity index (χ1) is 5.24. The number of nitrogens with two attached hydrogens (primary N) is 1. The highest BCUT2D eigenvalue weighted by Crippen LogP contribution is 2.24. The maximum atomic E-state index is 5.53. The van der Waals surface area contributed by atoms with Crippen LogP contribution < -0.4 is 11.1 Å². The molecule has 1 aliphatic carbocycles. The maximum Gasteiger partial charge on any atom is 0.0164 e. The molecule has 0 amide bonds. The van der Waals surface area contributed by atoms with Gasteiger partial charge in [-0.15, -0.1) is 0 Å². The molecule has 0 heterocycles. The average Bonchev–Trinajstić information content (AvgIpc) is 2.37. The summed E-state index contributed by atoms with van der Waals surface area (Å²) in [5.74, 6) is 0.851. The van der Waals surface area contributed by atoms with Crippen LogP contribution in [0.5, 0.6) is 0 Å². The molecule has 2 nitrogen and oxygen atoms in total.